The average molecular weight is 395 g/mol. The third kappa shape index (κ3) is 4.04. The SMILES string of the molecule is CCN(c1ccccc1)S(=O)(=O)c1cc(C(=O)Nc2ccccn2)ccc1C. The van der Waals surface area contributed by atoms with Crippen LogP contribution >= 0.6 is 0 Å². The zero-order valence-electron chi connectivity index (χ0n) is 15.7. The van der Waals surface area contributed by atoms with Crippen molar-refractivity contribution < 1.29 is 13.2 Å². The lowest BCUT2D eigenvalue weighted by atomic mass is 10.1. The number of anilines is 2. The lowest BCUT2D eigenvalue weighted by molar-refractivity contribution is 0.102. The van der Waals surface area contributed by atoms with Gasteiger partial charge in [0.2, 0.25) is 0 Å². The molecule has 0 fully saturated rings. The predicted octanol–water partition coefficient (Wildman–Crippen LogP) is 3.86. The highest BCUT2D eigenvalue weighted by atomic mass is 32.2. The molecule has 1 heterocycles. The molecule has 144 valence electrons. The van der Waals surface area contributed by atoms with Crippen LogP contribution in [0.15, 0.2) is 77.8 Å². The number of carbonyl (C=O) groups excluding carboxylic acids is 1. The second-order valence-electron chi connectivity index (χ2n) is 6.15. The Morgan fingerprint density at radius 3 is 2.39 bits per heavy atom. The number of hydrogen-bond donors (Lipinski definition) is 1. The molecule has 6 nitrogen and oxygen atoms in total. The summed E-state index contributed by atoms with van der Waals surface area (Å²) in [4.78, 5) is 16.7. The minimum Gasteiger partial charge on any atom is -0.307 e. The van der Waals surface area contributed by atoms with Gasteiger partial charge in [-0.15, -0.1) is 0 Å². The minimum atomic E-state index is -3.83. The minimum absolute atomic E-state index is 0.104. The molecule has 0 aliphatic carbocycles. The van der Waals surface area contributed by atoms with Crippen molar-refractivity contribution in [1.82, 2.24) is 4.98 Å². The number of aryl methyl sites for hydroxylation is 1. The summed E-state index contributed by atoms with van der Waals surface area (Å²) in [5.74, 6) is -0.0186. The highest BCUT2D eigenvalue weighted by molar-refractivity contribution is 7.92. The average Bonchev–Trinajstić information content (AvgIpc) is 2.70. The van der Waals surface area contributed by atoms with Gasteiger partial charge in [0.05, 0.1) is 10.6 Å². The van der Waals surface area contributed by atoms with E-state index in [-0.39, 0.29) is 17.0 Å². The summed E-state index contributed by atoms with van der Waals surface area (Å²) in [5, 5.41) is 2.67. The van der Waals surface area contributed by atoms with E-state index in [1.165, 1.54) is 10.4 Å². The number of rotatable bonds is 6. The Labute approximate surface area is 164 Å². The Morgan fingerprint density at radius 1 is 1.04 bits per heavy atom. The number of amides is 1. The van der Waals surface area contributed by atoms with Crippen molar-refractivity contribution in [3.63, 3.8) is 0 Å². The van der Waals surface area contributed by atoms with Crippen LogP contribution in [0.1, 0.15) is 22.8 Å². The Balaban J connectivity index is 1.97. The van der Waals surface area contributed by atoms with Crippen molar-refractivity contribution in [3.8, 4) is 0 Å². The van der Waals surface area contributed by atoms with Crippen LogP contribution < -0.4 is 9.62 Å². The van der Waals surface area contributed by atoms with Gasteiger partial charge < -0.3 is 5.32 Å². The summed E-state index contributed by atoms with van der Waals surface area (Å²) in [7, 11) is -3.83. The van der Waals surface area contributed by atoms with Gasteiger partial charge >= 0.3 is 0 Å². The molecule has 0 bridgehead atoms. The molecule has 0 spiro atoms. The van der Waals surface area contributed by atoms with Crippen LogP contribution in [0.25, 0.3) is 0 Å². The van der Waals surface area contributed by atoms with E-state index in [9.17, 15) is 13.2 Å². The molecule has 2 aromatic carbocycles. The van der Waals surface area contributed by atoms with Gasteiger partial charge in [-0.3, -0.25) is 9.10 Å². The number of nitrogens with zero attached hydrogens (tertiary/aromatic N) is 2. The molecule has 0 saturated carbocycles. The number of carbonyl (C=O) groups is 1. The standard InChI is InChI=1S/C21H21N3O3S/c1-3-24(18-9-5-4-6-10-18)28(26,27)19-15-17(13-12-16(19)2)21(25)23-20-11-7-8-14-22-20/h4-15H,3H2,1-2H3,(H,22,23,25). The van der Waals surface area contributed by atoms with Crippen molar-refractivity contribution in [2.24, 2.45) is 0 Å². The molecule has 1 amide bonds. The number of pyridine rings is 1. The zero-order valence-corrected chi connectivity index (χ0v) is 16.5. The van der Waals surface area contributed by atoms with Crippen molar-refractivity contribution in [2.75, 3.05) is 16.2 Å². The van der Waals surface area contributed by atoms with Crippen molar-refractivity contribution in [3.05, 3.63) is 84.1 Å². The van der Waals surface area contributed by atoms with Gasteiger partial charge in [0.1, 0.15) is 5.82 Å². The fourth-order valence-corrected chi connectivity index (χ4v) is 4.58. The summed E-state index contributed by atoms with van der Waals surface area (Å²) in [6.07, 6.45) is 1.57. The normalized spacial score (nSPS) is 11.1. The molecule has 1 aromatic heterocycles. The number of aromatic nitrogens is 1. The van der Waals surface area contributed by atoms with Gasteiger partial charge in [-0.25, -0.2) is 13.4 Å². The molecule has 0 aliphatic heterocycles. The summed E-state index contributed by atoms with van der Waals surface area (Å²) in [5.41, 5.74) is 1.40. The van der Waals surface area contributed by atoms with Gasteiger partial charge in [-0.05, 0) is 55.8 Å². The fourth-order valence-electron chi connectivity index (χ4n) is 2.85. The second-order valence-corrected chi connectivity index (χ2v) is 7.99. The van der Waals surface area contributed by atoms with Crippen LogP contribution in [0.4, 0.5) is 11.5 Å². The van der Waals surface area contributed by atoms with Crippen LogP contribution in [-0.2, 0) is 10.0 Å². The monoisotopic (exact) mass is 395 g/mol. The lowest BCUT2D eigenvalue weighted by Gasteiger charge is -2.24. The van der Waals surface area contributed by atoms with Crippen LogP contribution in [0, 0.1) is 6.92 Å². The third-order valence-corrected chi connectivity index (χ3v) is 6.30. The van der Waals surface area contributed by atoms with E-state index in [4.69, 9.17) is 0 Å². The first-order chi connectivity index (χ1) is 13.4. The summed E-state index contributed by atoms with van der Waals surface area (Å²) in [6, 6.07) is 18.7. The molecule has 7 heteroatoms. The van der Waals surface area contributed by atoms with E-state index in [0.717, 1.165) is 0 Å². The number of nitrogens with one attached hydrogen (secondary N) is 1. The highest BCUT2D eigenvalue weighted by Gasteiger charge is 2.26. The van der Waals surface area contributed by atoms with Crippen LogP contribution in [0.2, 0.25) is 0 Å². The smallest absolute Gasteiger partial charge is 0.264 e. The first kappa shape index (κ1) is 19.6. The van der Waals surface area contributed by atoms with E-state index in [2.05, 4.69) is 10.3 Å². The summed E-state index contributed by atoms with van der Waals surface area (Å²) >= 11 is 0. The summed E-state index contributed by atoms with van der Waals surface area (Å²) in [6.45, 7) is 3.76. The molecule has 28 heavy (non-hydrogen) atoms. The van der Waals surface area contributed by atoms with E-state index >= 15 is 0 Å². The largest absolute Gasteiger partial charge is 0.307 e. The van der Waals surface area contributed by atoms with Gasteiger partial charge in [0.25, 0.3) is 15.9 Å². The molecule has 3 aromatic rings. The first-order valence-electron chi connectivity index (χ1n) is 8.84. The zero-order chi connectivity index (χ0) is 20.1. The van der Waals surface area contributed by atoms with Crippen LogP contribution in [0.5, 0.6) is 0 Å². The van der Waals surface area contributed by atoms with Crippen LogP contribution in [0.3, 0.4) is 0 Å². The molecule has 3 rings (SSSR count). The lowest BCUT2D eigenvalue weighted by Crippen LogP contribution is -2.31. The fraction of sp³-hybridized carbons (Fsp3) is 0.143. The molecular formula is C21H21N3O3S. The topological polar surface area (TPSA) is 79.4 Å². The van der Waals surface area contributed by atoms with Gasteiger partial charge in [-0.1, -0.05) is 30.3 Å². The summed E-state index contributed by atoms with van der Waals surface area (Å²) < 4.78 is 27.9. The molecular weight excluding hydrogens is 374 g/mol. The maximum atomic E-state index is 13.3. The van der Waals surface area contributed by atoms with Gasteiger partial charge in [0.15, 0.2) is 0 Å². The predicted molar refractivity (Wildman–Crippen MR) is 110 cm³/mol. The van der Waals surface area contributed by atoms with Crippen molar-refractivity contribution >= 4 is 27.4 Å². The Hall–Kier alpha value is -3.19. The molecule has 0 atom stereocenters. The first-order valence-corrected chi connectivity index (χ1v) is 10.3. The molecule has 0 aliphatic rings. The highest BCUT2D eigenvalue weighted by Crippen LogP contribution is 2.26. The third-order valence-electron chi connectivity index (χ3n) is 4.26. The van der Waals surface area contributed by atoms with E-state index in [0.29, 0.717) is 17.1 Å². The Morgan fingerprint density at radius 2 is 1.75 bits per heavy atom. The number of benzene rings is 2. The molecule has 0 radical (unpaired) electrons. The molecule has 1 N–H and O–H groups in total. The maximum absolute atomic E-state index is 13.3. The van der Waals surface area contributed by atoms with Crippen molar-refractivity contribution in [1.29, 1.82) is 0 Å². The maximum Gasteiger partial charge on any atom is 0.264 e. The van der Waals surface area contributed by atoms with Crippen molar-refractivity contribution in [2.45, 2.75) is 18.7 Å². The molecule has 0 saturated heterocycles. The van der Waals surface area contributed by atoms with Gasteiger partial charge in [-0.2, -0.15) is 0 Å². The van der Waals surface area contributed by atoms with E-state index in [1.54, 1.807) is 74.6 Å². The number of para-hydroxylation sites is 1. The van der Waals surface area contributed by atoms with Crippen LogP contribution in [-0.4, -0.2) is 25.9 Å². The molecule has 0 unspecified atom stereocenters. The number of sulfonamides is 1. The Kier molecular flexibility index (Phi) is 5.75. The Bertz CT molecular complexity index is 1070. The quantitative estimate of drug-likeness (QED) is 0.687. The van der Waals surface area contributed by atoms with E-state index < -0.39 is 15.9 Å². The second kappa shape index (κ2) is 8.22. The van der Waals surface area contributed by atoms with Gasteiger partial charge in [0, 0.05) is 18.3 Å². The number of hydrogen-bond acceptors (Lipinski definition) is 4. The van der Waals surface area contributed by atoms with E-state index in [1.807, 2.05) is 6.07 Å².